The summed E-state index contributed by atoms with van der Waals surface area (Å²) in [5, 5.41) is 30.4. The van der Waals surface area contributed by atoms with Crippen LogP contribution in [0.4, 0.5) is 5.69 Å². The van der Waals surface area contributed by atoms with Crippen LogP contribution in [0, 0.1) is 6.92 Å². The molecule has 0 aliphatic heterocycles. The van der Waals surface area contributed by atoms with Crippen LogP contribution >= 0.6 is 0 Å². The molecule has 2 rings (SSSR count). The van der Waals surface area contributed by atoms with Gasteiger partial charge in [-0.05, 0) is 55.7 Å². The molecule has 3 atom stereocenters. The summed E-state index contributed by atoms with van der Waals surface area (Å²) in [6.45, 7) is 6.20. The van der Waals surface area contributed by atoms with Gasteiger partial charge >= 0.3 is 0 Å². The minimum atomic E-state index is -1.61. The number of benzene rings is 2. The van der Waals surface area contributed by atoms with Gasteiger partial charge in [-0.15, -0.1) is 0 Å². The molecular formula is C27H39N3O8. The zero-order chi connectivity index (χ0) is 28.1. The number of methoxy groups -OCH3 is 1. The summed E-state index contributed by atoms with van der Waals surface area (Å²) in [4.78, 5) is 37.5. The first-order valence-electron chi connectivity index (χ1n) is 12.6. The van der Waals surface area contributed by atoms with Gasteiger partial charge in [0.15, 0.2) is 0 Å². The highest BCUT2D eigenvalue weighted by atomic mass is 16.7. The Morgan fingerprint density at radius 1 is 0.921 bits per heavy atom. The molecule has 0 radical (unpaired) electrons. The highest BCUT2D eigenvalue weighted by molar-refractivity contribution is 5.99. The molecule has 210 valence electrons. The molecule has 5 N–H and O–H groups in total. The van der Waals surface area contributed by atoms with Crippen LogP contribution < -0.4 is 15.7 Å². The fourth-order valence-electron chi connectivity index (χ4n) is 3.68. The van der Waals surface area contributed by atoms with Crippen molar-refractivity contribution in [1.29, 1.82) is 0 Å². The molecule has 0 unspecified atom stereocenters. The summed E-state index contributed by atoms with van der Waals surface area (Å²) >= 11 is 0. The quantitative estimate of drug-likeness (QED) is 0.204. The molecule has 11 nitrogen and oxygen atoms in total. The summed E-state index contributed by atoms with van der Waals surface area (Å²) in [5.41, 5.74) is 6.73. The molecule has 0 fully saturated rings. The molecule has 0 spiro atoms. The zero-order valence-corrected chi connectivity index (χ0v) is 22.3. The van der Waals surface area contributed by atoms with Crippen molar-refractivity contribution in [3.63, 3.8) is 0 Å². The minimum Gasteiger partial charge on any atom is -0.497 e. The average Bonchev–Trinajstić information content (AvgIpc) is 2.91. The third kappa shape index (κ3) is 9.58. The second-order valence-electron chi connectivity index (χ2n) is 8.89. The van der Waals surface area contributed by atoms with E-state index in [4.69, 9.17) is 14.4 Å². The lowest BCUT2D eigenvalue weighted by Gasteiger charge is -2.23. The third-order valence-corrected chi connectivity index (χ3v) is 5.58. The Kier molecular flexibility index (Phi) is 13.0. The molecule has 11 heteroatoms. The monoisotopic (exact) mass is 533 g/mol. The van der Waals surface area contributed by atoms with E-state index < -0.39 is 30.8 Å². The van der Waals surface area contributed by atoms with E-state index in [2.05, 4.69) is 11.0 Å². The zero-order valence-electron chi connectivity index (χ0n) is 22.3. The predicted molar refractivity (Wildman–Crippen MR) is 142 cm³/mol. The van der Waals surface area contributed by atoms with Crippen LogP contribution in [0.25, 0.3) is 0 Å². The van der Waals surface area contributed by atoms with Crippen molar-refractivity contribution in [3.8, 4) is 5.75 Å². The number of hydrogen-bond acceptors (Lipinski definition) is 9. The number of anilines is 1. The number of aliphatic hydroxyl groups is 3. The van der Waals surface area contributed by atoms with E-state index in [1.54, 1.807) is 48.2 Å². The van der Waals surface area contributed by atoms with E-state index in [1.807, 2.05) is 13.8 Å². The molecule has 0 saturated carbocycles. The molecule has 0 bridgehead atoms. The van der Waals surface area contributed by atoms with Gasteiger partial charge in [-0.3, -0.25) is 24.7 Å². The van der Waals surface area contributed by atoms with Crippen molar-refractivity contribution in [2.75, 3.05) is 38.9 Å². The number of nitrogens with one attached hydrogen (secondary N) is 2. The molecule has 0 saturated heterocycles. The Morgan fingerprint density at radius 2 is 1.55 bits per heavy atom. The lowest BCUT2D eigenvalue weighted by Crippen LogP contribution is -2.44. The van der Waals surface area contributed by atoms with E-state index in [0.717, 1.165) is 18.4 Å². The van der Waals surface area contributed by atoms with Gasteiger partial charge in [0.25, 0.3) is 11.8 Å². The number of hydroxylamine groups is 1. The number of aryl methyl sites for hydroxylation is 1. The second kappa shape index (κ2) is 15.9. The van der Waals surface area contributed by atoms with Crippen molar-refractivity contribution < 1.29 is 39.3 Å². The van der Waals surface area contributed by atoms with Gasteiger partial charge in [-0.2, -0.15) is 0 Å². The molecule has 2 aromatic rings. The van der Waals surface area contributed by atoms with Gasteiger partial charge in [-0.1, -0.05) is 19.9 Å². The average molecular weight is 534 g/mol. The van der Waals surface area contributed by atoms with Gasteiger partial charge in [0.1, 0.15) is 37.3 Å². The fourth-order valence-corrected chi connectivity index (χ4v) is 3.68. The van der Waals surface area contributed by atoms with Crippen LogP contribution in [0.5, 0.6) is 5.75 Å². The summed E-state index contributed by atoms with van der Waals surface area (Å²) < 4.78 is 5.11. The largest absolute Gasteiger partial charge is 0.497 e. The minimum absolute atomic E-state index is 0.150. The third-order valence-electron chi connectivity index (χ3n) is 5.58. The maximum absolute atomic E-state index is 12.9. The number of nitrogens with zero attached hydrogens (tertiary/aromatic N) is 1. The van der Waals surface area contributed by atoms with Crippen LogP contribution in [0.15, 0.2) is 42.5 Å². The van der Waals surface area contributed by atoms with E-state index in [0.29, 0.717) is 30.1 Å². The summed E-state index contributed by atoms with van der Waals surface area (Å²) in [5.74, 6) is -0.159. The van der Waals surface area contributed by atoms with Crippen LogP contribution in [0.3, 0.4) is 0 Å². The number of rotatable bonds is 16. The van der Waals surface area contributed by atoms with Crippen molar-refractivity contribution in [2.24, 2.45) is 0 Å². The van der Waals surface area contributed by atoms with Gasteiger partial charge in [0.2, 0.25) is 0 Å². The van der Waals surface area contributed by atoms with E-state index in [9.17, 15) is 24.9 Å². The molecule has 0 aromatic heterocycles. The first kappa shape index (κ1) is 31.0. The number of carbonyl (C=O) groups excluding carboxylic acids is 2. The van der Waals surface area contributed by atoms with Crippen LogP contribution in [-0.4, -0.2) is 83.8 Å². The molecule has 0 heterocycles. The first-order valence-corrected chi connectivity index (χ1v) is 12.6. The number of hydrogen-bond donors (Lipinski definition) is 5. The Hall–Kier alpha value is -3.22. The van der Waals surface area contributed by atoms with Gasteiger partial charge in [-0.25, -0.2) is 5.48 Å². The maximum atomic E-state index is 12.9. The van der Waals surface area contributed by atoms with Gasteiger partial charge < -0.3 is 25.0 Å². The molecule has 38 heavy (non-hydrogen) atoms. The maximum Gasteiger partial charge on any atom is 0.274 e. The Bertz CT molecular complexity index is 1030. The Morgan fingerprint density at radius 3 is 2.18 bits per heavy atom. The van der Waals surface area contributed by atoms with Gasteiger partial charge in [0, 0.05) is 30.3 Å². The van der Waals surface area contributed by atoms with Crippen LogP contribution in [0.2, 0.25) is 0 Å². The molecular weight excluding hydrogens is 494 g/mol. The highest BCUT2D eigenvalue weighted by Gasteiger charge is 2.26. The van der Waals surface area contributed by atoms with Crippen molar-refractivity contribution in [2.45, 2.75) is 51.9 Å². The normalized spacial score (nSPS) is 13.3. The summed E-state index contributed by atoms with van der Waals surface area (Å²) in [6.07, 6.45) is -2.91. The van der Waals surface area contributed by atoms with E-state index in [1.165, 1.54) is 13.2 Å². The van der Waals surface area contributed by atoms with E-state index >= 15 is 0 Å². The summed E-state index contributed by atoms with van der Waals surface area (Å²) in [6, 6.07) is 11.7. The Labute approximate surface area is 223 Å². The van der Waals surface area contributed by atoms with E-state index in [-0.39, 0.29) is 18.1 Å². The summed E-state index contributed by atoms with van der Waals surface area (Å²) in [7, 11) is 1.53. The molecule has 0 aliphatic carbocycles. The van der Waals surface area contributed by atoms with Crippen LogP contribution in [-0.2, 0) is 9.68 Å². The topological polar surface area (TPSA) is 150 Å². The smallest absolute Gasteiger partial charge is 0.274 e. The lowest BCUT2D eigenvalue weighted by atomic mass is 10.0. The van der Waals surface area contributed by atoms with Crippen molar-refractivity contribution >= 4 is 17.5 Å². The Balaban J connectivity index is 1.84. The van der Waals surface area contributed by atoms with Crippen molar-refractivity contribution in [1.82, 2.24) is 10.4 Å². The molecule has 0 aliphatic rings. The second-order valence-corrected chi connectivity index (χ2v) is 8.89. The fraction of sp³-hybridized carbons (Fsp3) is 0.481. The lowest BCUT2D eigenvalue weighted by molar-refractivity contribution is -0.112. The number of ether oxygens (including phenoxy) is 1. The van der Waals surface area contributed by atoms with Gasteiger partial charge in [0.05, 0.1) is 12.8 Å². The van der Waals surface area contributed by atoms with Crippen molar-refractivity contribution in [3.05, 3.63) is 59.2 Å². The number of aliphatic hydroxyl groups excluding tert-OH is 3. The SMILES string of the molecule is CCCN(CCC)C(=O)c1cc(C)cc(C(=O)NOC[C@H](O)[C@@H](O)[C@H](O)CONc2cccc(OC)c2)c1. The number of amides is 2. The van der Waals surface area contributed by atoms with Crippen LogP contribution in [0.1, 0.15) is 53.0 Å². The first-order chi connectivity index (χ1) is 18.2. The molecule has 2 aromatic carbocycles. The standard InChI is InChI=1S/C27H39N3O8/c1-5-10-30(11-6-2)27(35)20-13-18(3)12-19(14-20)26(34)29-38-17-24(32)25(33)23(31)16-37-28-21-8-7-9-22(15-21)36-4/h7-9,12-15,23-25,28,31-33H,5-6,10-11,16-17H2,1-4H3,(H,29,34)/t23-,24+,25+/m1/s1. The highest BCUT2D eigenvalue weighted by Crippen LogP contribution is 2.17. The predicted octanol–water partition coefficient (Wildman–Crippen LogP) is 2.05. The number of carbonyl (C=O) groups is 2. The molecule has 2 amide bonds.